The topological polar surface area (TPSA) is 72.5 Å². The van der Waals surface area contributed by atoms with Gasteiger partial charge in [-0.05, 0) is 89.8 Å². The van der Waals surface area contributed by atoms with Crippen molar-refractivity contribution >= 4 is 39.1 Å². The second-order valence-electron chi connectivity index (χ2n) is 9.32. The van der Waals surface area contributed by atoms with Crippen LogP contribution in [0, 0.1) is 0 Å². The van der Waals surface area contributed by atoms with Crippen LogP contribution in [-0.4, -0.2) is 19.9 Å². The number of nitrogens with one attached hydrogen (secondary N) is 1. The van der Waals surface area contributed by atoms with Crippen LogP contribution in [0.1, 0.15) is 28.4 Å². The third-order valence-corrected chi connectivity index (χ3v) is 8.13. The summed E-state index contributed by atoms with van der Waals surface area (Å²) in [6.45, 7) is 2.09. The van der Waals surface area contributed by atoms with Gasteiger partial charge >= 0.3 is 0 Å². The molecular formula is C29H23Cl2NO4S. The third kappa shape index (κ3) is 5.67. The molecule has 0 spiro atoms. The van der Waals surface area contributed by atoms with Crippen molar-refractivity contribution in [1.82, 2.24) is 4.72 Å². The third-order valence-electron chi connectivity index (χ3n) is 6.28. The van der Waals surface area contributed by atoms with Crippen molar-refractivity contribution in [3.05, 3.63) is 118 Å². The monoisotopic (exact) mass is 551 g/mol. The Morgan fingerprint density at radius 2 is 1.54 bits per heavy atom. The number of hydrogen-bond acceptors (Lipinski definition) is 4. The first-order valence-electron chi connectivity index (χ1n) is 11.6. The molecule has 0 saturated heterocycles. The van der Waals surface area contributed by atoms with Gasteiger partial charge in [-0.3, -0.25) is 4.79 Å². The van der Waals surface area contributed by atoms with E-state index in [0.29, 0.717) is 10.0 Å². The summed E-state index contributed by atoms with van der Waals surface area (Å²) < 4.78 is 33.7. The number of hydrogen-bond donors (Lipinski definition) is 1. The van der Waals surface area contributed by atoms with Gasteiger partial charge in [-0.1, -0.05) is 53.5 Å². The maximum Gasteiger partial charge on any atom is 0.265 e. The zero-order chi connectivity index (χ0) is 26.2. The normalized spacial score (nSPS) is 16.6. The lowest BCUT2D eigenvalue weighted by atomic mass is 9.91. The minimum absolute atomic E-state index is 0.0401. The zero-order valence-electron chi connectivity index (χ0n) is 19.9. The number of benzene rings is 4. The van der Waals surface area contributed by atoms with Crippen LogP contribution in [0.2, 0.25) is 10.0 Å². The van der Waals surface area contributed by atoms with Crippen LogP contribution in [0.15, 0.2) is 95.9 Å². The minimum atomic E-state index is -4.03. The van der Waals surface area contributed by atoms with Crippen molar-refractivity contribution in [2.75, 3.05) is 0 Å². The molecule has 5 rings (SSSR count). The summed E-state index contributed by atoms with van der Waals surface area (Å²) >= 11 is 11.9. The van der Waals surface area contributed by atoms with E-state index in [4.69, 9.17) is 27.9 Å². The predicted octanol–water partition coefficient (Wildman–Crippen LogP) is 6.72. The number of carbonyl (C=O) groups excluding carboxylic acids is 1. The highest BCUT2D eigenvalue weighted by atomic mass is 35.5. The molecule has 0 saturated carbocycles. The van der Waals surface area contributed by atoms with E-state index < -0.39 is 15.9 Å². The Kier molecular flexibility index (Phi) is 6.75. The number of halogens is 2. The first kappa shape index (κ1) is 25.3. The van der Waals surface area contributed by atoms with Gasteiger partial charge in [0, 0.05) is 28.5 Å². The maximum atomic E-state index is 12.8. The average molecular weight is 552 g/mol. The van der Waals surface area contributed by atoms with Crippen molar-refractivity contribution in [2.45, 2.75) is 30.3 Å². The molecule has 8 heteroatoms. The molecule has 5 nitrogen and oxygen atoms in total. The van der Waals surface area contributed by atoms with Crippen molar-refractivity contribution in [1.29, 1.82) is 0 Å². The van der Waals surface area contributed by atoms with E-state index in [-0.39, 0.29) is 16.1 Å². The molecule has 4 aromatic rings. The number of fused-ring (bicyclic) bond motifs is 1. The number of amides is 1. The standard InChI is InChI=1S/C29H23Cl2NO4S/c1-29(17-19-5-8-24(30)9-6-19)18-23-16-21(7-14-27(23)36-29)20-3-2-4-22(15-20)28(33)32-37(34,35)26-12-10-25(31)11-13-26/h2-16H,17-18H2,1H3,(H,32,33)/t29-/m0/s1. The second-order valence-corrected chi connectivity index (χ2v) is 11.9. The SMILES string of the molecule is C[C@]1(Cc2ccc(Cl)cc2)Cc2cc(-c3cccc(C(=O)NS(=O)(=O)c4ccc(Cl)cc4)c3)ccc2O1. The maximum absolute atomic E-state index is 12.8. The average Bonchev–Trinajstić information content (AvgIpc) is 3.20. The first-order valence-corrected chi connectivity index (χ1v) is 13.8. The molecule has 37 heavy (non-hydrogen) atoms. The van der Waals surface area contributed by atoms with Crippen LogP contribution in [0.25, 0.3) is 11.1 Å². The first-order chi connectivity index (χ1) is 17.6. The van der Waals surface area contributed by atoms with Crippen LogP contribution < -0.4 is 9.46 Å². The molecule has 4 aromatic carbocycles. The van der Waals surface area contributed by atoms with Crippen LogP contribution in [0.3, 0.4) is 0 Å². The fraction of sp³-hybridized carbons (Fsp3) is 0.138. The van der Waals surface area contributed by atoms with Gasteiger partial charge in [0.15, 0.2) is 0 Å². The van der Waals surface area contributed by atoms with E-state index >= 15 is 0 Å². The molecule has 0 bridgehead atoms. The summed E-state index contributed by atoms with van der Waals surface area (Å²) in [5.41, 5.74) is 3.78. The molecule has 0 aliphatic carbocycles. The molecule has 1 amide bonds. The molecule has 0 unspecified atom stereocenters. The van der Waals surface area contributed by atoms with Crippen LogP contribution in [0.4, 0.5) is 0 Å². The smallest absolute Gasteiger partial charge is 0.265 e. The van der Waals surface area contributed by atoms with E-state index in [9.17, 15) is 13.2 Å². The van der Waals surface area contributed by atoms with Crippen LogP contribution >= 0.6 is 23.2 Å². The highest BCUT2D eigenvalue weighted by molar-refractivity contribution is 7.90. The molecule has 1 aliphatic rings. The fourth-order valence-electron chi connectivity index (χ4n) is 4.53. The quantitative estimate of drug-likeness (QED) is 0.289. The molecule has 188 valence electrons. The van der Waals surface area contributed by atoms with Crippen molar-refractivity contribution in [3.8, 4) is 16.9 Å². The van der Waals surface area contributed by atoms with Crippen LogP contribution in [-0.2, 0) is 22.9 Å². The molecule has 0 aromatic heterocycles. The zero-order valence-corrected chi connectivity index (χ0v) is 22.2. The van der Waals surface area contributed by atoms with Gasteiger partial charge in [-0.25, -0.2) is 13.1 Å². The minimum Gasteiger partial charge on any atom is -0.487 e. The van der Waals surface area contributed by atoms with Gasteiger partial charge < -0.3 is 4.74 Å². The van der Waals surface area contributed by atoms with E-state index in [1.165, 1.54) is 24.3 Å². The summed E-state index contributed by atoms with van der Waals surface area (Å²) in [5, 5.41) is 1.11. The van der Waals surface area contributed by atoms with Gasteiger partial charge in [-0.15, -0.1) is 0 Å². The molecule has 1 atom stereocenters. The lowest BCUT2D eigenvalue weighted by Crippen LogP contribution is -2.32. The summed E-state index contributed by atoms with van der Waals surface area (Å²) in [4.78, 5) is 12.8. The van der Waals surface area contributed by atoms with Crippen LogP contribution in [0.5, 0.6) is 5.75 Å². The summed E-state index contributed by atoms with van der Waals surface area (Å²) in [7, 11) is -4.03. The lowest BCUT2D eigenvalue weighted by Gasteiger charge is -2.24. The Balaban J connectivity index is 1.33. The predicted molar refractivity (Wildman–Crippen MR) is 146 cm³/mol. The van der Waals surface area contributed by atoms with E-state index in [1.807, 2.05) is 42.5 Å². The molecular weight excluding hydrogens is 529 g/mol. The van der Waals surface area contributed by atoms with E-state index in [2.05, 4.69) is 17.7 Å². The van der Waals surface area contributed by atoms with Gasteiger partial charge in [-0.2, -0.15) is 0 Å². The summed E-state index contributed by atoms with van der Waals surface area (Å²) in [5.74, 6) is 0.125. The van der Waals surface area contributed by atoms with E-state index in [0.717, 1.165) is 40.8 Å². The highest BCUT2D eigenvalue weighted by Crippen LogP contribution is 2.39. The number of carbonyl (C=O) groups is 1. The Morgan fingerprint density at radius 1 is 0.892 bits per heavy atom. The van der Waals surface area contributed by atoms with Crippen molar-refractivity contribution < 1.29 is 17.9 Å². The van der Waals surface area contributed by atoms with Gasteiger partial charge in [0.25, 0.3) is 15.9 Å². The Bertz CT molecular complexity index is 1590. The Morgan fingerprint density at radius 3 is 2.24 bits per heavy atom. The number of rotatable bonds is 6. The largest absolute Gasteiger partial charge is 0.487 e. The van der Waals surface area contributed by atoms with E-state index in [1.54, 1.807) is 18.2 Å². The molecule has 1 heterocycles. The Hall–Kier alpha value is -3.32. The van der Waals surface area contributed by atoms with Gasteiger partial charge in [0.2, 0.25) is 0 Å². The number of sulfonamides is 1. The molecule has 0 radical (unpaired) electrons. The fourth-order valence-corrected chi connectivity index (χ4v) is 5.75. The molecule has 1 aliphatic heterocycles. The molecule has 1 N–H and O–H groups in total. The number of ether oxygens (including phenoxy) is 1. The highest BCUT2D eigenvalue weighted by Gasteiger charge is 2.35. The van der Waals surface area contributed by atoms with Crippen molar-refractivity contribution in [3.63, 3.8) is 0 Å². The Labute approximate surface area is 226 Å². The second kappa shape index (κ2) is 9.86. The lowest BCUT2D eigenvalue weighted by molar-refractivity contribution is 0.0981. The van der Waals surface area contributed by atoms with Gasteiger partial charge in [0.1, 0.15) is 11.4 Å². The summed E-state index contributed by atoms with van der Waals surface area (Å²) in [6.07, 6.45) is 1.48. The molecule has 0 fully saturated rings. The van der Waals surface area contributed by atoms with Gasteiger partial charge in [0.05, 0.1) is 4.90 Å². The van der Waals surface area contributed by atoms with Crippen molar-refractivity contribution in [2.24, 2.45) is 0 Å². The summed E-state index contributed by atoms with van der Waals surface area (Å²) in [6, 6.07) is 26.2.